The molecule has 2 N–H and O–H groups in total. The molecule has 1 aromatic heterocycles. The molecule has 2 nitrogen and oxygen atoms in total. The van der Waals surface area contributed by atoms with Crippen LogP contribution < -0.4 is 5.73 Å². The maximum Gasteiger partial charge on any atom is 0.125 e. The molecule has 0 fully saturated rings. The van der Waals surface area contributed by atoms with E-state index in [1.807, 2.05) is 18.3 Å². The van der Waals surface area contributed by atoms with Gasteiger partial charge in [0.25, 0.3) is 0 Å². The minimum Gasteiger partial charge on any atom is -0.397 e. The second-order valence-corrected chi connectivity index (χ2v) is 4.56. The van der Waals surface area contributed by atoms with Crippen LogP contribution in [0.15, 0.2) is 30.5 Å². The average molecular weight is 265 g/mol. The molecule has 1 aromatic carbocycles. The van der Waals surface area contributed by atoms with E-state index in [1.165, 1.54) is 17.7 Å². The topological polar surface area (TPSA) is 38.9 Å². The summed E-state index contributed by atoms with van der Waals surface area (Å²) >= 11 is 5.85. The van der Waals surface area contributed by atoms with E-state index in [0.717, 1.165) is 12.1 Å². The van der Waals surface area contributed by atoms with E-state index in [1.54, 1.807) is 0 Å². The summed E-state index contributed by atoms with van der Waals surface area (Å²) in [6.45, 7) is 2.07. The molecule has 4 heteroatoms. The summed E-state index contributed by atoms with van der Waals surface area (Å²) in [7, 11) is 0. The highest BCUT2D eigenvalue weighted by Gasteiger charge is 2.08. The van der Waals surface area contributed by atoms with E-state index in [0.29, 0.717) is 17.7 Å². The smallest absolute Gasteiger partial charge is 0.125 e. The molecule has 0 aliphatic heterocycles. The first-order chi connectivity index (χ1) is 8.60. The number of aryl methyl sites for hydroxylation is 1. The molecule has 18 heavy (non-hydrogen) atoms. The summed E-state index contributed by atoms with van der Waals surface area (Å²) in [6.07, 6.45) is 3.25. The first kappa shape index (κ1) is 12.8. The van der Waals surface area contributed by atoms with Crippen LogP contribution in [-0.4, -0.2) is 4.98 Å². The van der Waals surface area contributed by atoms with Gasteiger partial charge >= 0.3 is 0 Å². The molecule has 1 heterocycles. The second-order valence-electron chi connectivity index (χ2n) is 4.15. The number of nitrogens with two attached hydrogens (primary N) is 1. The van der Waals surface area contributed by atoms with Crippen molar-refractivity contribution in [2.24, 2.45) is 0 Å². The Labute approximate surface area is 111 Å². The average Bonchev–Trinajstić information content (AvgIpc) is 2.36. The lowest BCUT2D eigenvalue weighted by atomic mass is 10.1. The van der Waals surface area contributed by atoms with Gasteiger partial charge < -0.3 is 5.73 Å². The fourth-order valence-electron chi connectivity index (χ4n) is 1.75. The Balaban J connectivity index is 2.27. The minimum absolute atomic E-state index is 0.246. The third-order valence-electron chi connectivity index (χ3n) is 2.85. The predicted octanol–water partition coefficient (Wildman–Crippen LogP) is 3.61. The highest BCUT2D eigenvalue weighted by Crippen LogP contribution is 2.26. The van der Waals surface area contributed by atoms with Gasteiger partial charge in [0.2, 0.25) is 0 Å². The molecule has 0 amide bonds. The normalized spacial score (nSPS) is 10.6. The van der Waals surface area contributed by atoms with Crippen molar-refractivity contribution in [2.45, 2.75) is 19.8 Å². The Kier molecular flexibility index (Phi) is 3.82. The zero-order valence-electron chi connectivity index (χ0n) is 10.1. The van der Waals surface area contributed by atoms with Gasteiger partial charge in [-0.25, -0.2) is 4.39 Å². The van der Waals surface area contributed by atoms with Gasteiger partial charge in [-0.1, -0.05) is 24.6 Å². The lowest BCUT2D eigenvalue weighted by Gasteiger charge is -2.08. The van der Waals surface area contributed by atoms with E-state index in [2.05, 4.69) is 11.9 Å². The summed E-state index contributed by atoms with van der Waals surface area (Å²) < 4.78 is 13.3. The maximum absolute atomic E-state index is 13.3. The monoisotopic (exact) mass is 264 g/mol. The van der Waals surface area contributed by atoms with Crippen LogP contribution in [0.1, 0.15) is 23.7 Å². The molecule has 0 saturated heterocycles. The van der Waals surface area contributed by atoms with Gasteiger partial charge in [0.15, 0.2) is 0 Å². The third-order valence-corrected chi connectivity index (χ3v) is 3.16. The molecule has 0 radical (unpaired) electrons. The largest absolute Gasteiger partial charge is 0.397 e. The number of aromatic nitrogens is 1. The maximum atomic E-state index is 13.3. The van der Waals surface area contributed by atoms with Gasteiger partial charge in [-0.2, -0.15) is 0 Å². The molecule has 0 unspecified atom stereocenters. The van der Waals surface area contributed by atoms with E-state index in [9.17, 15) is 4.39 Å². The van der Waals surface area contributed by atoms with Crippen LogP contribution in [0.5, 0.6) is 0 Å². The summed E-state index contributed by atoms with van der Waals surface area (Å²) in [5.74, 6) is -0.380. The van der Waals surface area contributed by atoms with Crippen LogP contribution in [0.2, 0.25) is 5.02 Å². The number of nitrogens with zero attached hydrogens (tertiary/aromatic N) is 1. The summed E-state index contributed by atoms with van der Waals surface area (Å²) in [6, 6.07) is 6.56. The van der Waals surface area contributed by atoms with Crippen molar-refractivity contribution in [2.75, 3.05) is 5.73 Å². The molecule has 0 saturated carbocycles. The number of benzene rings is 1. The Hall–Kier alpha value is -1.61. The van der Waals surface area contributed by atoms with Crippen molar-refractivity contribution in [1.82, 2.24) is 4.98 Å². The minimum atomic E-state index is -0.380. The van der Waals surface area contributed by atoms with E-state index in [4.69, 9.17) is 17.3 Å². The molecule has 2 rings (SSSR count). The number of rotatable bonds is 3. The van der Waals surface area contributed by atoms with Crippen LogP contribution in [0.3, 0.4) is 0 Å². The summed E-state index contributed by atoms with van der Waals surface area (Å²) in [5.41, 5.74) is 8.93. The third kappa shape index (κ3) is 2.79. The van der Waals surface area contributed by atoms with Crippen LogP contribution in [0.4, 0.5) is 10.1 Å². The number of nitrogen functional groups attached to an aromatic ring is 1. The van der Waals surface area contributed by atoms with Crippen LogP contribution in [0.25, 0.3) is 0 Å². The molecule has 0 atom stereocenters. The van der Waals surface area contributed by atoms with Crippen LogP contribution in [-0.2, 0) is 12.8 Å². The number of hydrogen-bond donors (Lipinski definition) is 1. The summed E-state index contributed by atoms with van der Waals surface area (Å²) in [4.78, 5) is 4.32. The number of anilines is 1. The fraction of sp³-hybridized carbons (Fsp3) is 0.214. The molecular formula is C14H14ClFN2. The predicted molar refractivity (Wildman–Crippen MR) is 72.2 cm³/mol. The van der Waals surface area contributed by atoms with Gasteiger partial charge in [-0.05, 0) is 35.7 Å². The molecule has 94 valence electrons. The van der Waals surface area contributed by atoms with Crippen LogP contribution >= 0.6 is 11.6 Å². The Morgan fingerprint density at radius 3 is 2.72 bits per heavy atom. The van der Waals surface area contributed by atoms with Gasteiger partial charge in [-0.15, -0.1) is 0 Å². The molecule has 2 aromatic rings. The first-order valence-corrected chi connectivity index (χ1v) is 6.15. The van der Waals surface area contributed by atoms with Crippen molar-refractivity contribution >= 4 is 17.3 Å². The van der Waals surface area contributed by atoms with Gasteiger partial charge in [0, 0.05) is 18.3 Å². The standard InChI is InChI=1S/C14H14ClFN2/c1-2-9-3-4-12(18-8-9)6-10-5-11(16)7-13(15)14(10)17/h3-5,7-8H,2,6,17H2,1H3. The Bertz CT molecular complexity index is 552. The quantitative estimate of drug-likeness (QED) is 0.860. The molecule has 0 aliphatic carbocycles. The lowest BCUT2D eigenvalue weighted by Crippen LogP contribution is -2.00. The molecule has 0 aliphatic rings. The lowest BCUT2D eigenvalue weighted by molar-refractivity contribution is 0.626. The van der Waals surface area contributed by atoms with Crippen molar-refractivity contribution in [3.8, 4) is 0 Å². The van der Waals surface area contributed by atoms with E-state index in [-0.39, 0.29) is 10.8 Å². The molecule has 0 bridgehead atoms. The summed E-state index contributed by atoms with van der Waals surface area (Å²) in [5, 5.41) is 0.246. The Morgan fingerprint density at radius 1 is 1.33 bits per heavy atom. The van der Waals surface area contributed by atoms with Gasteiger partial charge in [-0.3, -0.25) is 4.98 Å². The van der Waals surface area contributed by atoms with Crippen molar-refractivity contribution in [3.63, 3.8) is 0 Å². The van der Waals surface area contributed by atoms with Gasteiger partial charge in [0.05, 0.1) is 10.7 Å². The number of hydrogen-bond acceptors (Lipinski definition) is 2. The molecular weight excluding hydrogens is 251 g/mol. The zero-order chi connectivity index (χ0) is 13.1. The number of pyridine rings is 1. The second kappa shape index (κ2) is 5.36. The van der Waals surface area contributed by atoms with Crippen molar-refractivity contribution in [3.05, 3.63) is 58.1 Å². The van der Waals surface area contributed by atoms with Crippen molar-refractivity contribution in [1.29, 1.82) is 0 Å². The first-order valence-electron chi connectivity index (χ1n) is 5.77. The van der Waals surface area contributed by atoms with Gasteiger partial charge in [0.1, 0.15) is 5.82 Å². The number of halogens is 2. The highest BCUT2D eigenvalue weighted by atomic mass is 35.5. The fourth-order valence-corrected chi connectivity index (χ4v) is 1.97. The SMILES string of the molecule is CCc1ccc(Cc2cc(F)cc(Cl)c2N)nc1. The van der Waals surface area contributed by atoms with E-state index >= 15 is 0 Å². The zero-order valence-corrected chi connectivity index (χ0v) is 10.8. The Morgan fingerprint density at radius 2 is 2.11 bits per heavy atom. The molecule has 0 spiro atoms. The van der Waals surface area contributed by atoms with E-state index < -0.39 is 0 Å². The highest BCUT2D eigenvalue weighted by molar-refractivity contribution is 6.33. The van der Waals surface area contributed by atoms with Crippen LogP contribution in [0, 0.1) is 5.82 Å². The van der Waals surface area contributed by atoms with Crippen molar-refractivity contribution < 1.29 is 4.39 Å².